The van der Waals surface area contributed by atoms with Crippen molar-refractivity contribution in [3.8, 4) is 0 Å². The number of alkyl halides is 1. The van der Waals surface area contributed by atoms with Crippen LogP contribution in [0.3, 0.4) is 0 Å². The molecule has 0 aromatic carbocycles. The second-order valence-corrected chi connectivity index (χ2v) is 4.07. The van der Waals surface area contributed by atoms with Gasteiger partial charge in [0.05, 0.1) is 12.8 Å². The number of aromatic nitrogens is 1. The normalized spacial score (nSPS) is 11.9. The van der Waals surface area contributed by atoms with E-state index in [0.29, 0.717) is 5.69 Å². The fraction of sp³-hybridized carbons (Fsp3) is 0.444. The highest BCUT2D eigenvalue weighted by molar-refractivity contribution is 9.10. The molecule has 0 aliphatic heterocycles. The predicted octanol–water partition coefficient (Wildman–Crippen LogP) is 0.649. The van der Waals surface area contributed by atoms with Crippen LogP contribution in [0, 0.1) is 6.92 Å². The molecule has 88 valence electrons. The van der Waals surface area contributed by atoms with Gasteiger partial charge >= 0.3 is 5.97 Å². The van der Waals surface area contributed by atoms with E-state index >= 15 is 0 Å². The minimum absolute atomic E-state index is 0.117. The van der Waals surface area contributed by atoms with Gasteiger partial charge in [0.15, 0.2) is 6.39 Å². The molecular formula is C9H11BrN2O4. The lowest BCUT2D eigenvalue weighted by Gasteiger charge is -2.07. The Labute approximate surface area is 100 Å². The third-order valence-electron chi connectivity index (χ3n) is 1.85. The van der Waals surface area contributed by atoms with Gasteiger partial charge in [-0.15, -0.1) is 0 Å². The van der Waals surface area contributed by atoms with Crippen LogP contribution in [0.15, 0.2) is 10.8 Å². The smallest absolute Gasteiger partial charge is 0.321 e. The molecule has 1 heterocycles. The van der Waals surface area contributed by atoms with Crippen molar-refractivity contribution < 1.29 is 18.7 Å². The second kappa shape index (κ2) is 5.64. The first-order valence-electron chi connectivity index (χ1n) is 4.46. The number of esters is 1. The molecule has 0 radical (unpaired) electrons. The Morgan fingerprint density at radius 2 is 2.38 bits per heavy atom. The standard InChI is InChI=1S/C9H11BrN2O4/c1-5-7(16-4-12-5)8(13)11-3-6(10)9(14)15-2/h4,6H,3H2,1-2H3,(H,11,13). The van der Waals surface area contributed by atoms with Crippen molar-refractivity contribution in [3.05, 3.63) is 17.8 Å². The number of carbonyl (C=O) groups is 2. The van der Waals surface area contributed by atoms with E-state index in [-0.39, 0.29) is 12.3 Å². The van der Waals surface area contributed by atoms with Gasteiger partial charge in [0.25, 0.3) is 5.91 Å². The molecule has 0 saturated carbocycles. The van der Waals surface area contributed by atoms with Crippen molar-refractivity contribution in [2.24, 2.45) is 0 Å². The van der Waals surface area contributed by atoms with Crippen LogP contribution in [-0.2, 0) is 9.53 Å². The van der Waals surface area contributed by atoms with Crippen LogP contribution in [0.5, 0.6) is 0 Å². The summed E-state index contributed by atoms with van der Waals surface area (Å²) in [5.74, 6) is -0.720. The maximum absolute atomic E-state index is 11.5. The fourth-order valence-corrected chi connectivity index (χ4v) is 1.34. The summed E-state index contributed by atoms with van der Waals surface area (Å²) in [5, 5.41) is 2.52. The molecule has 1 amide bonds. The number of nitrogens with zero attached hydrogens (tertiary/aromatic N) is 1. The van der Waals surface area contributed by atoms with Crippen LogP contribution < -0.4 is 5.32 Å². The van der Waals surface area contributed by atoms with Crippen LogP contribution in [0.2, 0.25) is 0 Å². The number of methoxy groups -OCH3 is 1. The summed E-state index contributed by atoms with van der Waals surface area (Å²) in [6.07, 6.45) is 1.19. The molecule has 6 nitrogen and oxygen atoms in total. The van der Waals surface area contributed by atoms with Crippen molar-refractivity contribution in [1.82, 2.24) is 10.3 Å². The van der Waals surface area contributed by atoms with Gasteiger partial charge in [-0.2, -0.15) is 0 Å². The number of carbonyl (C=O) groups excluding carboxylic acids is 2. The van der Waals surface area contributed by atoms with E-state index < -0.39 is 16.7 Å². The van der Waals surface area contributed by atoms with Crippen LogP contribution in [0.25, 0.3) is 0 Å². The molecule has 1 aromatic rings. The minimum atomic E-state index is -0.579. The lowest BCUT2D eigenvalue weighted by molar-refractivity contribution is -0.139. The number of hydrogen-bond acceptors (Lipinski definition) is 5. The van der Waals surface area contributed by atoms with E-state index in [1.165, 1.54) is 13.5 Å². The predicted molar refractivity (Wildman–Crippen MR) is 58.3 cm³/mol. The molecule has 0 bridgehead atoms. The fourth-order valence-electron chi connectivity index (χ4n) is 0.994. The molecule has 1 atom stereocenters. The van der Waals surface area contributed by atoms with E-state index in [9.17, 15) is 9.59 Å². The first-order chi connectivity index (χ1) is 7.56. The molecule has 0 saturated heterocycles. The van der Waals surface area contributed by atoms with Crippen molar-refractivity contribution >= 4 is 27.8 Å². The Bertz CT molecular complexity index is 391. The highest BCUT2D eigenvalue weighted by atomic mass is 79.9. The van der Waals surface area contributed by atoms with Gasteiger partial charge in [0.1, 0.15) is 4.83 Å². The van der Waals surface area contributed by atoms with Gasteiger partial charge in [-0.3, -0.25) is 9.59 Å². The number of halogens is 1. The SMILES string of the molecule is COC(=O)C(Br)CNC(=O)c1ocnc1C. The summed E-state index contributed by atoms with van der Waals surface area (Å²) >= 11 is 3.08. The van der Waals surface area contributed by atoms with Crippen molar-refractivity contribution in [3.63, 3.8) is 0 Å². The van der Waals surface area contributed by atoms with E-state index in [1.54, 1.807) is 6.92 Å². The lowest BCUT2D eigenvalue weighted by atomic mass is 10.3. The van der Waals surface area contributed by atoms with Crippen LogP contribution in [0.1, 0.15) is 16.2 Å². The minimum Gasteiger partial charge on any atom is -0.468 e. The summed E-state index contributed by atoms with van der Waals surface area (Å²) in [4.78, 5) is 25.8. The number of ether oxygens (including phenoxy) is 1. The second-order valence-electron chi connectivity index (χ2n) is 2.97. The van der Waals surface area contributed by atoms with Crippen LogP contribution in [-0.4, -0.2) is 35.3 Å². The molecule has 0 aliphatic carbocycles. The van der Waals surface area contributed by atoms with E-state index in [0.717, 1.165) is 0 Å². The third-order valence-corrected chi connectivity index (χ3v) is 2.55. The summed E-state index contributed by atoms with van der Waals surface area (Å²) in [7, 11) is 1.28. The lowest BCUT2D eigenvalue weighted by Crippen LogP contribution is -2.34. The highest BCUT2D eigenvalue weighted by Crippen LogP contribution is 2.05. The van der Waals surface area contributed by atoms with Gasteiger partial charge in [-0.25, -0.2) is 4.98 Å². The molecular weight excluding hydrogens is 280 g/mol. The summed E-state index contributed by atoms with van der Waals surface area (Å²) < 4.78 is 9.38. The zero-order valence-electron chi connectivity index (χ0n) is 8.82. The largest absolute Gasteiger partial charge is 0.468 e. The maximum atomic E-state index is 11.5. The number of oxazole rings is 1. The Morgan fingerprint density at radius 1 is 1.69 bits per heavy atom. The first-order valence-corrected chi connectivity index (χ1v) is 5.38. The number of amides is 1. The highest BCUT2D eigenvalue weighted by Gasteiger charge is 2.19. The molecule has 1 unspecified atom stereocenters. The number of nitrogens with one attached hydrogen (secondary N) is 1. The summed E-state index contributed by atoms with van der Waals surface area (Å²) in [6, 6.07) is 0. The zero-order valence-corrected chi connectivity index (χ0v) is 10.4. The van der Waals surface area contributed by atoms with Gasteiger partial charge in [-0.05, 0) is 6.92 Å². The number of aryl methyl sites for hydroxylation is 1. The van der Waals surface area contributed by atoms with Crippen LogP contribution in [0.4, 0.5) is 0 Å². The van der Waals surface area contributed by atoms with Crippen molar-refractivity contribution in [1.29, 1.82) is 0 Å². The molecule has 1 aromatic heterocycles. The number of rotatable bonds is 4. The Morgan fingerprint density at radius 3 is 2.88 bits per heavy atom. The van der Waals surface area contributed by atoms with Crippen LogP contribution >= 0.6 is 15.9 Å². The summed E-state index contributed by atoms with van der Waals surface area (Å²) in [6.45, 7) is 1.77. The van der Waals surface area contributed by atoms with E-state index in [1.807, 2.05) is 0 Å². The van der Waals surface area contributed by atoms with Gasteiger partial charge < -0.3 is 14.5 Å². The molecule has 0 spiro atoms. The summed E-state index contributed by atoms with van der Waals surface area (Å²) in [5.41, 5.74) is 0.502. The van der Waals surface area contributed by atoms with Crippen molar-refractivity contribution in [2.75, 3.05) is 13.7 Å². The monoisotopic (exact) mass is 290 g/mol. The van der Waals surface area contributed by atoms with E-state index in [2.05, 4.69) is 31.0 Å². The quantitative estimate of drug-likeness (QED) is 0.650. The topological polar surface area (TPSA) is 81.4 Å². The molecule has 1 N–H and O–H groups in total. The third kappa shape index (κ3) is 3.06. The van der Waals surface area contributed by atoms with E-state index in [4.69, 9.17) is 4.42 Å². The first kappa shape index (κ1) is 12.7. The molecule has 0 fully saturated rings. The number of hydrogen-bond donors (Lipinski definition) is 1. The van der Waals surface area contributed by atoms with Gasteiger partial charge in [0.2, 0.25) is 5.76 Å². The van der Waals surface area contributed by atoms with Crippen molar-refractivity contribution in [2.45, 2.75) is 11.8 Å². The average Bonchev–Trinajstić information content (AvgIpc) is 2.70. The Hall–Kier alpha value is -1.37. The Kier molecular flexibility index (Phi) is 4.48. The molecule has 1 rings (SSSR count). The molecule has 7 heteroatoms. The molecule has 16 heavy (non-hydrogen) atoms. The van der Waals surface area contributed by atoms with Gasteiger partial charge in [0, 0.05) is 6.54 Å². The average molecular weight is 291 g/mol. The molecule has 0 aliphatic rings. The maximum Gasteiger partial charge on any atom is 0.321 e. The van der Waals surface area contributed by atoms with Gasteiger partial charge in [-0.1, -0.05) is 15.9 Å². The zero-order chi connectivity index (χ0) is 12.1. The Balaban J connectivity index is 2.48.